The van der Waals surface area contributed by atoms with Gasteiger partial charge in [-0.05, 0) is 44.9 Å². The number of carbonyl (C=O) groups excluding carboxylic acids is 2. The van der Waals surface area contributed by atoms with Gasteiger partial charge in [-0.25, -0.2) is 14.8 Å². The van der Waals surface area contributed by atoms with Gasteiger partial charge in [0.05, 0.1) is 5.56 Å². The second kappa shape index (κ2) is 10.1. The van der Waals surface area contributed by atoms with Crippen LogP contribution in [0.2, 0.25) is 0 Å². The van der Waals surface area contributed by atoms with Crippen molar-refractivity contribution in [2.75, 3.05) is 6.61 Å². The molecule has 0 spiro atoms. The van der Waals surface area contributed by atoms with Crippen LogP contribution in [0.15, 0.2) is 35.5 Å². The third kappa shape index (κ3) is 6.67. The Balaban J connectivity index is 1.99. The molecule has 1 amide bonds. The molecule has 0 unspecified atom stereocenters. The summed E-state index contributed by atoms with van der Waals surface area (Å²) in [6.45, 7) is 7.44. The number of hydrogen-bond donors (Lipinski definition) is 1. The topological polar surface area (TPSA) is 81.2 Å². The minimum atomic E-state index is -0.508. The second-order valence-electron chi connectivity index (χ2n) is 6.33. The van der Waals surface area contributed by atoms with Gasteiger partial charge in [0.25, 0.3) is 5.91 Å². The van der Waals surface area contributed by atoms with Gasteiger partial charge in [-0.2, -0.15) is 0 Å². The van der Waals surface area contributed by atoms with E-state index in [0.717, 1.165) is 23.4 Å². The van der Waals surface area contributed by atoms with Gasteiger partial charge in [0, 0.05) is 23.2 Å². The van der Waals surface area contributed by atoms with Gasteiger partial charge in [-0.1, -0.05) is 36.9 Å². The number of nitrogens with one attached hydrogen (secondary N) is 1. The van der Waals surface area contributed by atoms with Crippen molar-refractivity contribution in [3.63, 3.8) is 0 Å². The molecule has 0 fully saturated rings. The first-order valence-corrected chi connectivity index (χ1v) is 9.87. The summed E-state index contributed by atoms with van der Waals surface area (Å²) in [6.07, 6.45) is 0.820. The highest BCUT2D eigenvalue weighted by Crippen LogP contribution is 2.22. The smallest absolute Gasteiger partial charge is 0.338 e. The van der Waals surface area contributed by atoms with E-state index in [2.05, 4.69) is 15.3 Å². The number of benzene rings is 1. The maximum absolute atomic E-state index is 12.4. The van der Waals surface area contributed by atoms with Crippen LogP contribution in [0.25, 0.3) is 0 Å². The molecule has 6 nitrogen and oxygen atoms in total. The van der Waals surface area contributed by atoms with Crippen LogP contribution >= 0.6 is 11.8 Å². The predicted octanol–water partition coefficient (Wildman–Crippen LogP) is 3.46. The average molecular weight is 388 g/mol. The quantitative estimate of drug-likeness (QED) is 0.424. The Kier molecular flexibility index (Phi) is 7.79. The van der Waals surface area contributed by atoms with E-state index < -0.39 is 5.97 Å². The Morgan fingerprint density at radius 2 is 1.85 bits per heavy atom. The number of nitrogens with zero attached hydrogens (tertiary/aromatic N) is 2. The van der Waals surface area contributed by atoms with Crippen LogP contribution < -0.4 is 5.32 Å². The summed E-state index contributed by atoms with van der Waals surface area (Å²) in [5.41, 5.74) is 3.08. The van der Waals surface area contributed by atoms with E-state index in [4.69, 9.17) is 4.74 Å². The fourth-order valence-corrected chi connectivity index (χ4v) is 3.33. The Morgan fingerprint density at radius 3 is 2.52 bits per heavy atom. The molecule has 0 radical (unpaired) electrons. The first-order valence-electron chi connectivity index (χ1n) is 8.88. The molecule has 144 valence electrons. The maximum atomic E-state index is 12.4. The maximum Gasteiger partial charge on any atom is 0.338 e. The number of aryl methyl sites for hydroxylation is 2. The Labute approximate surface area is 164 Å². The van der Waals surface area contributed by atoms with Crippen LogP contribution in [0, 0.1) is 13.8 Å². The molecule has 1 atom stereocenters. The first kappa shape index (κ1) is 20.9. The van der Waals surface area contributed by atoms with Crippen molar-refractivity contribution in [1.29, 1.82) is 0 Å². The molecule has 0 bridgehead atoms. The zero-order chi connectivity index (χ0) is 19.8. The largest absolute Gasteiger partial charge is 0.452 e. The molecule has 1 N–H and O–H groups in total. The van der Waals surface area contributed by atoms with Crippen LogP contribution in [0.5, 0.6) is 0 Å². The Bertz CT molecular complexity index is 791. The van der Waals surface area contributed by atoms with E-state index in [0.29, 0.717) is 16.5 Å². The van der Waals surface area contributed by atoms with Crippen molar-refractivity contribution in [3.8, 4) is 0 Å². The molecule has 0 aliphatic carbocycles. The monoisotopic (exact) mass is 387 g/mol. The zero-order valence-corrected chi connectivity index (χ0v) is 16.9. The lowest BCUT2D eigenvalue weighted by atomic mass is 10.1. The van der Waals surface area contributed by atoms with Gasteiger partial charge in [0.15, 0.2) is 11.8 Å². The van der Waals surface area contributed by atoms with Gasteiger partial charge in [-0.15, -0.1) is 0 Å². The highest BCUT2D eigenvalue weighted by molar-refractivity contribution is 7.98. The van der Waals surface area contributed by atoms with Crippen LogP contribution in [0.4, 0.5) is 0 Å². The fourth-order valence-electron chi connectivity index (χ4n) is 2.37. The van der Waals surface area contributed by atoms with E-state index in [1.165, 1.54) is 11.8 Å². The fraction of sp³-hybridized carbons (Fsp3) is 0.400. The van der Waals surface area contributed by atoms with Crippen molar-refractivity contribution in [2.45, 2.75) is 51.1 Å². The SMILES string of the molecule is CC[C@H](C)NC(=O)COC(=O)c1ccccc1CSc1nc(C)cc(C)n1. The molecular weight excluding hydrogens is 362 g/mol. The number of rotatable bonds is 8. The van der Waals surface area contributed by atoms with Gasteiger partial charge >= 0.3 is 5.97 Å². The van der Waals surface area contributed by atoms with Crippen LogP contribution in [-0.4, -0.2) is 34.5 Å². The summed E-state index contributed by atoms with van der Waals surface area (Å²) >= 11 is 1.46. The van der Waals surface area contributed by atoms with E-state index >= 15 is 0 Å². The van der Waals surface area contributed by atoms with Crippen molar-refractivity contribution < 1.29 is 14.3 Å². The molecule has 0 aliphatic rings. The average Bonchev–Trinajstić information content (AvgIpc) is 2.63. The summed E-state index contributed by atoms with van der Waals surface area (Å²) in [4.78, 5) is 33.0. The molecule has 1 heterocycles. The van der Waals surface area contributed by atoms with Crippen molar-refractivity contribution >= 4 is 23.6 Å². The number of esters is 1. The molecule has 0 saturated heterocycles. The molecule has 27 heavy (non-hydrogen) atoms. The van der Waals surface area contributed by atoms with E-state index in [9.17, 15) is 9.59 Å². The number of amides is 1. The lowest BCUT2D eigenvalue weighted by molar-refractivity contribution is -0.124. The summed E-state index contributed by atoms with van der Waals surface area (Å²) in [6, 6.07) is 9.18. The highest BCUT2D eigenvalue weighted by atomic mass is 32.2. The van der Waals surface area contributed by atoms with Gasteiger partial charge in [0.2, 0.25) is 0 Å². The standard InChI is InChI=1S/C20H25N3O3S/c1-5-13(2)21-18(24)11-26-19(25)17-9-7-6-8-16(17)12-27-20-22-14(3)10-15(4)23-20/h6-10,13H,5,11-12H2,1-4H3,(H,21,24)/t13-/m0/s1. The summed E-state index contributed by atoms with van der Waals surface area (Å²) < 4.78 is 5.17. The molecule has 1 aromatic carbocycles. The second-order valence-corrected chi connectivity index (χ2v) is 7.27. The zero-order valence-electron chi connectivity index (χ0n) is 16.1. The molecule has 2 aromatic rings. The van der Waals surface area contributed by atoms with Gasteiger partial charge in [-0.3, -0.25) is 4.79 Å². The van der Waals surface area contributed by atoms with Gasteiger partial charge in [0.1, 0.15) is 0 Å². The summed E-state index contributed by atoms with van der Waals surface area (Å²) in [5.74, 6) is -0.271. The van der Waals surface area contributed by atoms with Crippen molar-refractivity contribution in [2.24, 2.45) is 0 Å². The molecule has 7 heteroatoms. The minimum absolute atomic E-state index is 0.0534. The minimum Gasteiger partial charge on any atom is -0.452 e. The highest BCUT2D eigenvalue weighted by Gasteiger charge is 2.15. The molecule has 0 aliphatic heterocycles. The Hall–Kier alpha value is -2.41. The number of carbonyl (C=O) groups is 2. The third-order valence-corrected chi connectivity index (χ3v) is 4.81. The first-order chi connectivity index (χ1) is 12.9. The Morgan fingerprint density at radius 1 is 1.19 bits per heavy atom. The van der Waals surface area contributed by atoms with E-state index in [1.54, 1.807) is 12.1 Å². The normalized spacial score (nSPS) is 11.7. The van der Waals surface area contributed by atoms with Crippen LogP contribution in [0.3, 0.4) is 0 Å². The lowest BCUT2D eigenvalue weighted by Crippen LogP contribution is -2.35. The van der Waals surface area contributed by atoms with Crippen LogP contribution in [0.1, 0.15) is 47.6 Å². The number of thioether (sulfide) groups is 1. The molecular formula is C20H25N3O3S. The predicted molar refractivity (Wildman–Crippen MR) is 106 cm³/mol. The summed E-state index contributed by atoms with van der Waals surface area (Å²) in [7, 11) is 0. The number of aromatic nitrogens is 2. The molecule has 2 rings (SSSR count). The van der Waals surface area contributed by atoms with E-state index in [-0.39, 0.29) is 18.6 Å². The lowest BCUT2D eigenvalue weighted by Gasteiger charge is -2.12. The van der Waals surface area contributed by atoms with Crippen molar-refractivity contribution in [1.82, 2.24) is 15.3 Å². The van der Waals surface area contributed by atoms with Gasteiger partial charge < -0.3 is 10.1 Å². The number of ether oxygens (including phenoxy) is 1. The van der Waals surface area contributed by atoms with Crippen LogP contribution in [-0.2, 0) is 15.3 Å². The van der Waals surface area contributed by atoms with Crippen molar-refractivity contribution in [3.05, 3.63) is 52.8 Å². The number of hydrogen-bond acceptors (Lipinski definition) is 6. The third-order valence-electron chi connectivity index (χ3n) is 3.91. The molecule has 1 aromatic heterocycles. The van der Waals surface area contributed by atoms with E-state index in [1.807, 2.05) is 45.9 Å². The summed E-state index contributed by atoms with van der Waals surface area (Å²) in [5, 5.41) is 3.44. The molecule has 0 saturated carbocycles.